The van der Waals surface area contributed by atoms with Gasteiger partial charge in [-0.3, -0.25) is 0 Å². The minimum Gasteiger partial charge on any atom is -0.479 e. The predicted octanol–water partition coefficient (Wildman–Crippen LogP) is 1.95. The molecule has 1 atom stereocenters. The van der Waals surface area contributed by atoms with E-state index in [0.29, 0.717) is 17.9 Å². The van der Waals surface area contributed by atoms with Crippen LogP contribution in [0.25, 0.3) is 0 Å². The van der Waals surface area contributed by atoms with Gasteiger partial charge >= 0.3 is 12.1 Å². The van der Waals surface area contributed by atoms with E-state index >= 15 is 0 Å². The first kappa shape index (κ1) is 14.3. The summed E-state index contributed by atoms with van der Waals surface area (Å²) >= 11 is 5.61. The molecular weight excluding hydrogens is 258 g/mol. The summed E-state index contributed by atoms with van der Waals surface area (Å²) < 4.78 is 4.38. The smallest absolute Gasteiger partial charge is 0.407 e. The molecule has 0 spiro atoms. The molecule has 0 aromatic heterocycles. The Kier molecular flexibility index (Phi) is 5.45. The number of rotatable bonds is 5. The Labute approximate surface area is 110 Å². The van der Waals surface area contributed by atoms with Crippen molar-refractivity contribution < 1.29 is 19.4 Å². The van der Waals surface area contributed by atoms with E-state index in [4.69, 9.17) is 16.7 Å². The number of methoxy groups -OCH3 is 1. The summed E-state index contributed by atoms with van der Waals surface area (Å²) in [6.07, 6.45) is -0.0727. The Balaban J connectivity index is 2.85. The lowest BCUT2D eigenvalue weighted by molar-refractivity contribution is -0.139. The van der Waals surface area contributed by atoms with Crippen molar-refractivity contribution in [2.45, 2.75) is 12.5 Å². The second kappa shape index (κ2) is 6.86. The summed E-state index contributed by atoms with van der Waals surface area (Å²) in [5.74, 6) is -0.646. The van der Waals surface area contributed by atoms with E-state index in [0.717, 1.165) is 5.56 Å². The Bertz CT molecular complexity index is 419. The van der Waals surface area contributed by atoms with E-state index in [1.165, 1.54) is 7.11 Å². The van der Waals surface area contributed by atoms with Crippen molar-refractivity contribution in [1.82, 2.24) is 5.32 Å². The maximum Gasteiger partial charge on any atom is 0.407 e. The van der Waals surface area contributed by atoms with Crippen LogP contribution in [0.5, 0.6) is 0 Å². The van der Waals surface area contributed by atoms with Crippen LogP contribution in [0.1, 0.15) is 17.2 Å². The SMILES string of the molecule is COC(=O)NC(C(=O)O)c1ccc(CCCl)cc1. The summed E-state index contributed by atoms with van der Waals surface area (Å²) in [6.45, 7) is 0. The predicted molar refractivity (Wildman–Crippen MR) is 66.8 cm³/mol. The second-order valence-electron chi connectivity index (χ2n) is 3.59. The van der Waals surface area contributed by atoms with Gasteiger partial charge in [0.1, 0.15) is 0 Å². The Hall–Kier alpha value is -1.75. The molecule has 18 heavy (non-hydrogen) atoms. The summed E-state index contributed by atoms with van der Waals surface area (Å²) in [5.41, 5.74) is 1.49. The van der Waals surface area contributed by atoms with Crippen molar-refractivity contribution in [1.29, 1.82) is 0 Å². The molecule has 0 aliphatic carbocycles. The number of nitrogens with one attached hydrogen (secondary N) is 1. The first-order valence-corrected chi connectivity index (χ1v) is 5.84. The lowest BCUT2D eigenvalue weighted by Crippen LogP contribution is -2.33. The van der Waals surface area contributed by atoms with Crippen LogP contribution in [0, 0.1) is 0 Å². The van der Waals surface area contributed by atoms with E-state index < -0.39 is 18.1 Å². The van der Waals surface area contributed by atoms with Crippen molar-refractivity contribution in [2.75, 3.05) is 13.0 Å². The number of amides is 1. The third kappa shape index (κ3) is 3.92. The standard InChI is InChI=1S/C12H14ClNO4/c1-18-12(17)14-10(11(15)16)9-4-2-8(3-5-9)6-7-13/h2-5,10H,6-7H2,1H3,(H,14,17)(H,15,16). The van der Waals surface area contributed by atoms with Crippen LogP contribution in [0.2, 0.25) is 0 Å². The van der Waals surface area contributed by atoms with Gasteiger partial charge < -0.3 is 15.2 Å². The number of aliphatic carboxylic acids is 1. The molecule has 1 rings (SSSR count). The van der Waals surface area contributed by atoms with Gasteiger partial charge in [-0.05, 0) is 17.5 Å². The molecule has 1 aromatic rings. The highest BCUT2D eigenvalue weighted by atomic mass is 35.5. The molecule has 1 aromatic carbocycles. The molecule has 0 bridgehead atoms. The quantitative estimate of drug-likeness (QED) is 0.803. The molecule has 0 aliphatic heterocycles. The molecule has 1 amide bonds. The van der Waals surface area contributed by atoms with Crippen LogP contribution in [-0.4, -0.2) is 30.2 Å². The lowest BCUT2D eigenvalue weighted by Gasteiger charge is -2.14. The maximum absolute atomic E-state index is 11.1. The number of carboxylic acid groups (broad SMARTS) is 1. The van der Waals surface area contributed by atoms with Crippen molar-refractivity contribution >= 4 is 23.7 Å². The molecule has 5 nitrogen and oxygen atoms in total. The Morgan fingerprint density at radius 2 is 2.00 bits per heavy atom. The summed E-state index contributed by atoms with van der Waals surface area (Å²) in [7, 11) is 1.18. The van der Waals surface area contributed by atoms with Gasteiger partial charge in [0.15, 0.2) is 6.04 Å². The van der Waals surface area contributed by atoms with Gasteiger partial charge in [-0.2, -0.15) is 0 Å². The van der Waals surface area contributed by atoms with Crippen molar-refractivity contribution in [3.05, 3.63) is 35.4 Å². The molecule has 0 saturated heterocycles. The van der Waals surface area contributed by atoms with E-state index in [2.05, 4.69) is 10.1 Å². The van der Waals surface area contributed by atoms with Crippen LogP contribution in [-0.2, 0) is 16.0 Å². The zero-order valence-corrected chi connectivity index (χ0v) is 10.6. The van der Waals surface area contributed by atoms with Crippen LogP contribution in [0.15, 0.2) is 24.3 Å². The number of halogens is 1. The van der Waals surface area contributed by atoms with Gasteiger partial charge in [-0.25, -0.2) is 9.59 Å². The third-order valence-corrected chi connectivity index (χ3v) is 2.58. The van der Waals surface area contributed by atoms with Crippen LogP contribution < -0.4 is 5.32 Å². The molecule has 0 fully saturated rings. The summed E-state index contributed by atoms with van der Waals surface area (Å²) in [6, 6.07) is 5.74. The molecule has 0 radical (unpaired) electrons. The highest BCUT2D eigenvalue weighted by Crippen LogP contribution is 2.15. The van der Waals surface area contributed by atoms with E-state index in [1.54, 1.807) is 24.3 Å². The lowest BCUT2D eigenvalue weighted by atomic mass is 10.0. The summed E-state index contributed by atoms with van der Waals surface area (Å²) in [4.78, 5) is 22.1. The van der Waals surface area contributed by atoms with Gasteiger partial charge in [-0.15, -0.1) is 11.6 Å². The minimum atomic E-state index is -1.15. The number of carbonyl (C=O) groups is 2. The van der Waals surface area contributed by atoms with Gasteiger partial charge in [0.25, 0.3) is 0 Å². The number of carbonyl (C=O) groups excluding carboxylic acids is 1. The van der Waals surface area contributed by atoms with Crippen molar-refractivity contribution in [3.63, 3.8) is 0 Å². The van der Waals surface area contributed by atoms with Crippen molar-refractivity contribution in [3.8, 4) is 0 Å². The highest BCUT2D eigenvalue weighted by molar-refractivity contribution is 6.17. The second-order valence-corrected chi connectivity index (χ2v) is 3.97. The molecule has 1 unspecified atom stereocenters. The molecule has 98 valence electrons. The largest absolute Gasteiger partial charge is 0.479 e. The van der Waals surface area contributed by atoms with E-state index in [1.807, 2.05) is 0 Å². The molecule has 0 heterocycles. The monoisotopic (exact) mass is 271 g/mol. The molecule has 0 saturated carbocycles. The first-order valence-electron chi connectivity index (χ1n) is 5.30. The fourth-order valence-electron chi connectivity index (χ4n) is 1.45. The Morgan fingerprint density at radius 1 is 1.39 bits per heavy atom. The number of benzene rings is 1. The molecular formula is C12H14ClNO4. The number of alkyl carbamates (subject to hydrolysis) is 1. The van der Waals surface area contributed by atoms with Gasteiger partial charge in [-0.1, -0.05) is 24.3 Å². The van der Waals surface area contributed by atoms with Crippen LogP contribution >= 0.6 is 11.6 Å². The zero-order chi connectivity index (χ0) is 13.5. The van der Waals surface area contributed by atoms with Crippen LogP contribution in [0.4, 0.5) is 4.79 Å². The van der Waals surface area contributed by atoms with Crippen LogP contribution in [0.3, 0.4) is 0 Å². The average molecular weight is 272 g/mol. The van der Waals surface area contributed by atoms with E-state index in [9.17, 15) is 9.59 Å². The van der Waals surface area contributed by atoms with E-state index in [-0.39, 0.29) is 0 Å². The minimum absolute atomic E-state index is 0.478. The molecule has 0 aliphatic rings. The zero-order valence-electron chi connectivity index (χ0n) is 9.85. The number of aryl methyl sites for hydroxylation is 1. The highest BCUT2D eigenvalue weighted by Gasteiger charge is 2.22. The normalized spacial score (nSPS) is 11.7. The maximum atomic E-state index is 11.1. The third-order valence-electron chi connectivity index (χ3n) is 2.39. The number of ether oxygens (including phenoxy) is 1. The van der Waals surface area contributed by atoms with Gasteiger partial charge in [0.05, 0.1) is 7.11 Å². The Morgan fingerprint density at radius 3 is 2.44 bits per heavy atom. The average Bonchev–Trinajstić information content (AvgIpc) is 2.37. The summed E-state index contributed by atoms with van der Waals surface area (Å²) in [5, 5.41) is 11.3. The fraction of sp³-hybridized carbons (Fsp3) is 0.333. The number of hydrogen-bond acceptors (Lipinski definition) is 3. The number of carboxylic acids is 1. The molecule has 2 N–H and O–H groups in total. The van der Waals surface area contributed by atoms with Gasteiger partial charge in [0.2, 0.25) is 0 Å². The topological polar surface area (TPSA) is 75.6 Å². The molecule has 6 heteroatoms. The number of hydrogen-bond donors (Lipinski definition) is 2. The van der Waals surface area contributed by atoms with Crippen molar-refractivity contribution in [2.24, 2.45) is 0 Å². The van der Waals surface area contributed by atoms with Gasteiger partial charge in [0, 0.05) is 5.88 Å². The first-order chi connectivity index (χ1) is 8.58. The number of alkyl halides is 1. The fourth-order valence-corrected chi connectivity index (χ4v) is 1.67.